The molecule has 0 radical (unpaired) electrons. The lowest BCUT2D eigenvalue weighted by Crippen LogP contribution is -2.46. The fourth-order valence-corrected chi connectivity index (χ4v) is 6.21. The molecular formula is C28H29BN2O7. The van der Waals surface area contributed by atoms with Crippen LogP contribution in [0.15, 0.2) is 65.3 Å². The van der Waals surface area contributed by atoms with E-state index in [1.165, 1.54) is 24.3 Å². The number of hydrogen-bond acceptors (Lipinski definition) is 7. The van der Waals surface area contributed by atoms with Crippen LogP contribution in [0.4, 0.5) is 11.4 Å². The molecule has 2 aromatic carbocycles. The largest absolute Gasteiger partial charge is 0.508 e. The predicted molar refractivity (Wildman–Crippen MR) is 142 cm³/mol. The molecule has 5 rings (SSSR count). The normalized spacial score (nSPS) is 25.5. The van der Waals surface area contributed by atoms with Crippen molar-refractivity contribution in [3.05, 3.63) is 80.9 Å². The first-order valence-corrected chi connectivity index (χ1v) is 12.8. The Morgan fingerprint density at radius 3 is 2.63 bits per heavy atom. The minimum Gasteiger partial charge on any atom is -0.508 e. The van der Waals surface area contributed by atoms with Crippen LogP contribution in [0.1, 0.15) is 38.7 Å². The maximum atomic E-state index is 13.7. The van der Waals surface area contributed by atoms with Crippen molar-refractivity contribution < 1.29 is 29.3 Å². The lowest BCUT2D eigenvalue weighted by Gasteiger charge is -2.42. The van der Waals surface area contributed by atoms with Gasteiger partial charge in [0.15, 0.2) is 0 Å². The van der Waals surface area contributed by atoms with Gasteiger partial charge in [0.25, 0.3) is 5.69 Å². The zero-order valence-corrected chi connectivity index (χ0v) is 21.2. The van der Waals surface area contributed by atoms with Crippen LogP contribution in [0, 0.1) is 27.9 Å². The van der Waals surface area contributed by atoms with Gasteiger partial charge in [0, 0.05) is 12.1 Å². The minimum atomic E-state index is -1.06. The maximum absolute atomic E-state index is 13.7. The molecule has 38 heavy (non-hydrogen) atoms. The number of allylic oxidation sites excluding steroid dienone is 2. The van der Waals surface area contributed by atoms with E-state index in [1.807, 2.05) is 32.1 Å². The van der Waals surface area contributed by atoms with Gasteiger partial charge < -0.3 is 14.8 Å². The first kappa shape index (κ1) is 25.9. The molecule has 0 aromatic heterocycles. The highest BCUT2D eigenvalue weighted by atomic mass is 16.6. The Labute approximate surface area is 220 Å². The van der Waals surface area contributed by atoms with Gasteiger partial charge in [0.2, 0.25) is 11.8 Å². The number of nitrogens with zero attached hydrogens (tertiary/aromatic N) is 2. The molecule has 196 valence electrons. The number of fused-ring (bicyclic) bond motifs is 3. The quantitative estimate of drug-likeness (QED) is 0.190. The molecule has 4 atom stereocenters. The number of aromatic hydroxyl groups is 1. The molecule has 9 nitrogen and oxygen atoms in total. The summed E-state index contributed by atoms with van der Waals surface area (Å²) in [7, 11) is -1.06. The molecule has 2 saturated heterocycles. The Kier molecular flexibility index (Phi) is 6.94. The Bertz CT molecular complexity index is 1350. The van der Waals surface area contributed by atoms with Gasteiger partial charge in [-0.05, 0) is 74.7 Å². The van der Waals surface area contributed by atoms with Gasteiger partial charge >= 0.3 is 7.12 Å². The summed E-state index contributed by atoms with van der Waals surface area (Å²) in [5, 5.41) is 31.4. The number of nitro benzene ring substituents is 1. The Morgan fingerprint density at radius 2 is 1.92 bits per heavy atom. The maximum Gasteiger partial charge on any atom is 0.455 e. The van der Waals surface area contributed by atoms with Gasteiger partial charge in [0.05, 0.1) is 28.6 Å². The number of amides is 2. The second kappa shape index (κ2) is 10.2. The number of non-ortho nitro benzene ring substituents is 1. The minimum absolute atomic E-state index is 0.190. The molecule has 10 heteroatoms. The standard InChI is InChI=1S/C28H29BN2O7/c1-16(12-18-7-9-21(32)10-8-18)6-11-24-25-17(2)13-22-26(23(25)15-29(35)38-24)28(34)30(27(22)33)19-4-3-5-20(14-19)31(36)37/h3-5,7-10,12,14,22-24,26,32,35H,6,11,13,15H2,1-2H3/b16-12+/t22-,23+,24-,26-/m1/s1. The Hall–Kier alpha value is -3.76. The second-order valence-corrected chi connectivity index (χ2v) is 10.4. The molecule has 2 heterocycles. The molecule has 2 aliphatic heterocycles. The molecule has 0 spiro atoms. The van der Waals surface area contributed by atoms with E-state index in [2.05, 4.69) is 0 Å². The van der Waals surface area contributed by atoms with Crippen molar-refractivity contribution in [1.82, 2.24) is 0 Å². The van der Waals surface area contributed by atoms with Crippen LogP contribution in [0.3, 0.4) is 0 Å². The zero-order valence-electron chi connectivity index (χ0n) is 21.2. The van der Waals surface area contributed by atoms with Crippen molar-refractivity contribution in [1.29, 1.82) is 0 Å². The zero-order chi connectivity index (χ0) is 27.1. The van der Waals surface area contributed by atoms with Gasteiger partial charge in [-0.2, -0.15) is 0 Å². The molecule has 0 unspecified atom stereocenters. The average molecular weight is 516 g/mol. The fourth-order valence-electron chi connectivity index (χ4n) is 6.21. The van der Waals surface area contributed by atoms with Gasteiger partial charge in [-0.25, -0.2) is 4.90 Å². The van der Waals surface area contributed by atoms with Crippen LogP contribution in [0.25, 0.3) is 6.08 Å². The van der Waals surface area contributed by atoms with Gasteiger partial charge in [0.1, 0.15) is 5.75 Å². The number of imide groups is 1. The topological polar surface area (TPSA) is 130 Å². The Balaban J connectivity index is 1.38. The monoisotopic (exact) mass is 516 g/mol. The molecular weight excluding hydrogens is 487 g/mol. The van der Waals surface area contributed by atoms with E-state index in [9.17, 15) is 29.8 Å². The summed E-state index contributed by atoms with van der Waals surface area (Å²) in [6, 6.07) is 12.5. The number of phenolic OH excluding ortho intramolecular Hbond substituents is 1. The van der Waals surface area contributed by atoms with Crippen molar-refractivity contribution in [2.24, 2.45) is 17.8 Å². The number of anilines is 1. The first-order valence-electron chi connectivity index (χ1n) is 12.8. The van der Waals surface area contributed by atoms with Crippen LogP contribution in [0.5, 0.6) is 5.75 Å². The van der Waals surface area contributed by atoms with Gasteiger partial charge in [-0.1, -0.05) is 35.4 Å². The average Bonchev–Trinajstić information content (AvgIpc) is 3.13. The summed E-state index contributed by atoms with van der Waals surface area (Å²) in [5.74, 6) is -2.09. The molecule has 0 saturated carbocycles. The smallest absolute Gasteiger partial charge is 0.455 e. The van der Waals surface area contributed by atoms with E-state index in [-0.39, 0.29) is 47.3 Å². The highest BCUT2D eigenvalue weighted by molar-refractivity contribution is 6.43. The summed E-state index contributed by atoms with van der Waals surface area (Å²) >= 11 is 0. The second-order valence-electron chi connectivity index (χ2n) is 10.4. The highest BCUT2D eigenvalue weighted by Gasteiger charge is 2.57. The van der Waals surface area contributed by atoms with Gasteiger partial charge in [-0.3, -0.25) is 19.7 Å². The third kappa shape index (κ3) is 4.77. The van der Waals surface area contributed by atoms with E-state index in [1.54, 1.807) is 12.1 Å². The Morgan fingerprint density at radius 1 is 1.18 bits per heavy atom. The van der Waals surface area contributed by atoms with Crippen LogP contribution in [-0.4, -0.2) is 40.1 Å². The molecule has 2 aromatic rings. The molecule has 1 aliphatic carbocycles. The number of rotatable bonds is 6. The molecule has 2 fully saturated rings. The highest BCUT2D eigenvalue weighted by Crippen LogP contribution is 2.51. The van der Waals surface area contributed by atoms with Crippen molar-refractivity contribution >= 4 is 36.4 Å². The van der Waals surface area contributed by atoms with Gasteiger partial charge in [-0.15, -0.1) is 0 Å². The van der Waals surface area contributed by atoms with Crippen molar-refractivity contribution in [3.63, 3.8) is 0 Å². The predicted octanol–water partition coefficient (Wildman–Crippen LogP) is 4.51. The van der Waals surface area contributed by atoms with Crippen LogP contribution in [-0.2, 0) is 14.2 Å². The number of benzene rings is 2. The fraction of sp³-hybridized carbons (Fsp3) is 0.357. The molecule has 2 N–H and O–H groups in total. The lowest BCUT2D eigenvalue weighted by atomic mass is 9.59. The number of phenols is 1. The van der Waals surface area contributed by atoms with Crippen molar-refractivity contribution in [2.75, 3.05) is 4.90 Å². The molecule has 0 bridgehead atoms. The molecule has 2 amide bonds. The van der Waals surface area contributed by atoms with E-state index < -0.39 is 23.9 Å². The van der Waals surface area contributed by atoms with Crippen molar-refractivity contribution in [2.45, 2.75) is 45.5 Å². The summed E-state index contributed by atoms with van der Waals surface area (Å²) in [5.41, 5.74) is 4.06. The number of carbonyl (C=O) groups excluding carboxylic acids is 2. The summed E-state index contributed by atoms with van der Waals surface area (Å²) < 4.78 is 5.96. The lowest BCUT2D eigenvalue weighted by molar-refractivity contribution is -0.384. The summed E-state index contributed by atoms with van der Waals surface area (Å²) in [4.78, 5) is 38.9. The first-order chi connectivity index (χ1) is 18.1. The van der Waals surface area contributed by atoms with E-state index in [0.717, 1.165) is 27.2 Å². The number of carbonyl (C=O) groups is 2. The third-order valence-electron chi connectivity index (χ3n) is 7.86. The van der Waals surface area contributed by atoms with E-state index in [4.69, 9.17) is 4.65 Å². The van der Waals surface area contributed by atoms with Crippen LogP contribution in [0.2, 0.25) is 6.32 Å². The van der Waals surface area contributed by atoms with Crippen LogP contribution >= 0.6 is 0 Å². The summed E-state index contributed by atoms with van der Waals surface area (Å²) in [6.45, 7) is 3.97. The van der Waals surface area contributed by atoms with E-state index in [0.29, 0.717) is 19.3 Å². The van der Waals surface area contributed by atoms with Crippen LogP contribution < -0.4 is 4.90 Å². The SMILES string of the molecule is CC1=C2[C@@H](CC/C(C)=C/c3ccc(O)cc3)OB(O)C[C@@H]2[C@@H]2C(=O)N(c3cccc([N+](=O)[O-])c3)C(=O)[C@@H]2C1. The summed E-state index contributed by atoms with van der Waals surface area (Å²) in [6.07, 6.45) is 3.57. The number of hydrogen-bond donors (Lipinski definition) is 2. The number of nitro groups is 1. The van der Waals surface area contributed by atoms with Crippen molar-refractivity contribution in [3.8, 4) is 5.75 Å². The van der Waals surface area contributed by atoms with E-state index >= 15 is 0 Å². The molecule has 3 aliphatic rings. The third-order valence-corrected chi connectivity index (χ3v) is 7.86.